The highest BCUT2D eigenvalue weighted by Gasteiger charge is 2.53. The van der Waals surface area contributed by atoms with E-state index in [1.165, 1.54) is 139 Å². The molecule has 0 radical (unpaired) electrons. The van der Waals surface area contributed by atoms with E-state index in [0.29, 0.717) is 10.8 Å². The van der Waals surface area contributed by atoms with Gasteiger partial charge in [-0.1, -0.05) is 94.4 Å². The summed E-state index contributed by atoms with van der Waals surface area (Å²) in [7, 11) is 0. The molecule has 0 N–H and O–H groups in total. The lowest BCUT2D eigenvalue weighted by atomic mass is 9.48. The average Bonchev–Trinajstić information content (AvgIpc) is 3.57. The van der Waals surface area contributed by atoms with Crippen molar-refractivity contribution in [2.24, 2.45) is 35.5 Å². The molecule has 0 saturated heterocycles. The van der Waals surface area contributed by atoms with Crippen molar-refractivity contribution < 1.29 is 0 Å². The lowest BCUT2D eigenvalue weighted by Crippen LogP contribution is -2.48. The van der Waals surface area contributed by atoms with Crippen LogP contribution in [0.4, 0.5) is 17.1 Å². The van der Waals surface area contributed by atoms with Crippen molar-refractivity contribution in [3.05, 3.63) is 137 Å². The SMILES string of the molecule is CC1(C)c2ccccc2-c2c1ccc1c2-c2ccc(N(c3ccc(C45CC6CC(CC(C6)C4)C5)cc3)c3ccc(C45CC6CC(CC(C6)C4)C5)cc3)cc2C1(C)C. The van der Waals surface area contributed by atoms with Gasteiger partial charge in [-0.25, -0.2) is 0 Å². The second-order valence-electron chi connectivity index (χ2n) is 22.3. The minimum atomic E-state index is -0.103. The molecule has 8 bridgehead atoms. The van der Waals surface area contributed by atoms with Gasteiger partial charge in [0.05, 0.1) is 0 Å². The first-order valence-electron chi connectivity index (χ1n) is 23.0. The van der Waals surface area contributed by atoms with Crippen LogP contribution in [0, 0.1) is 35.5 Å². The molecule has 1 heteroatoms. The zero-order valence-electron chi connectivity index (χ0n) is 34.7. The summed E-state index contributed by atoms with van der Waals surface area (Å²) in [6, 6.07) is 41.7. The number of anilines is 3. The van der Waals surface area contributed by atoms with Gasteiger partial charge >= 0.3 is 0 Å². The molecule has 8 saturated carbocycles. The van der Waals surface area contributed by atoms with Gasteiger partial charge in [0, 0.05) is 27.9 Å². The highest BCUT2D eigenvalue weighted by molar-refractivity contribution is 5.99. The maximum absolute atomic E-state index is 2.59. The fourth-order valence-corrected chi connectivity index (χ4v) is 16.5. The van der Waals surface area contributed by atoms with Crippen LogP contribution in [0.5, 0.6) is 0 Å². The van der Waals surface area contributed by atoms with Gasteiger partial charge in [0.1, 0.15) is 0 Å². The summed E-state index contributed by atoms with van der Waals surface area (Å²) >= 11 is 0. The molecular weight excluding hydrogens is 687 g/mol. The molecule has 0 amide bonds. The van der Waals surface area contributed by atoms with E-state index in [2.05, 4.69) is 136 Å². The van der Waals surface area contributed by atoms with Crippen LogP contribution in [-0.4, -0.2) is 0 Å². The second-order valence-corrected chi connectivity index (χ2v) is 22.3. The molecule has 0 unspecified atom stereocenters. The lowest BCUT2D eigenvalue weighted by Gasteiger charge is -2.57. The summed E-state index contributed by atoms with van der Waals surface area (Å²) in [5.74, 6) is 5.75. The maximum atomic E-state index is 2.59. The van der Waals surface area contributed by atoms with Crippen LogP contribution >= 0.6 is 0 Å². The van der Waals surface area contributed by atoms with Crippen molar-refractivity contribution in [1.29, 1.82) is 0 Å². The van der Waals surface area contributed by atoms with Gasteiger partial charge in [-0.2, -0.15) is 0 Å². The zero-order chi connectivity index (χ0) is 38.1. The van der Waals surface area contributed by atoms with Crippen LogP contribution < -0.4 is 4.90 Å². The lowest BCUT2D eigenvalue weighted by molar-refractivity contribution is -0.00529. The molecule has 8 fully saturated rings. The summed E-state index contributed by atoms with van der Waals surface area (Å²) < 4.78 is 0. The smallest absolute Gasteiger partial charge is 0.0465 e. The summed E-state index contributed by atoms with van der Waals surface area (Å²) in [5, 5.41) is 0. The van der Waals surface area contributed by atoms with E-state index in [1.54, 1.807) is 11.1 Å². The second kappa shape index (κ2) is 11.3. The Morgan fingerprint density at radius 2 is 0.772 bits per heavy atom. The molecule has 0 aliphatic heterocycles. The molecule has 288 valence electrons. The van der Waals surface area contributed by atoms with Gasteiger partial charge in [-0.3, -0.25) is 0 Å². The van der Waals surface area contributed by atoms with Gasteiger partial charge < -0.3 is 4.90 Å². The number of nitrogens with zero attached hydrogens (tertiary/aromatic N) is 1. The van der Waals surface area contributed by atoms with Gasteiger partial charge in [-0.15, -0.1) is 0 Å². The van der Waals surface area contributed by atoms with Crippen LogP contribution in [-0.2, 0) is 21.7 Å². The third kappa shape index (κ3) is 4.64. The summed E-state index contributed by atoms with van der Waals surface area (Å²) in [6.45, 7) is 9.75. The largest absolute Gasteiger partial charge is 0.310 e. The Balaban J connectivity index is 0.927. The third-order valence-electron chi connectivity index (χ3n) is 18.2. The van der Waals surface area contributed by atoms with E-state index in [0.717, 1.165) is 35.5 Å². The van der Waals surface area contributed by atoms with Crippen molar-refractivity contribution in [1.82, 2.24) is 0 Å². The topological polar surface area (TPSA) is 3.24 Å². The van der Waals surface area contributed by atoms with Gasteiger partial charge in [0.2, 0.25) is 0 Å². The molecule has 5 aromatic rings. The van der Waals surface area contributed by atoms with E-state index < -0.39 is 0 Å². The highest BCUT2D eigenvalue weighted by atomic mass is 15.1. The molecule has 0 aromatic heterocycles. The van der Waals surface area contributed by atoms with Crippen molar-refractivity contribution in [2.75, 3.05) is 4.90 Å². The fraction of sp³-hybridized carbons (Fsp3) is 0.464. The predicted octanol–water partition coefficient (Wildman–Crippen LogP) is 14.7. The van der Waals surface area contributed by atoms with Gasteiger partial charge in [0.15, 0.2) is 0 Å². The van der Waals surface area contributed by atoms with E-state index >= 15 is 0 Å². The Morgan fingerprint density at radius 3 is 1.23 bits per heavy atom. The normalized spacial score (nSPS) is 33.5. The van der Waals surface area contributed by atoms with Crippen LogP contribution in [0.15, 0.2) is 103 Å². The Hall–Kier alpha value is -4.10. The van der Waals surface area contributed by atoms with Gasteiger partial charge in [0.25, 0.3) is 0 Å². The number of hydrogen-bond acceptors (Lipinski definition) is 1. The molecule has 0 spiro atoms. The summed E-state index contributed by atoms with van der Waals surface area (Å²) in [5.41, 5.74) is 19.4. The quantitative estimate of drug-likeness (QED) is 0.173. The molecule has 10 aliphatic rings. The minimum Gasteiger partial charge on any atom is -0.310 e. The number of hydrogen-bond donors (Lipinski definition) is 0. The number of benzene rings is 5. The summed E-state index contributed by atoms with van der Waals surface area (Å²) in [4.78, 5) is 2.59. The van der Waals surface area contributed by atoms with Crippen molar-refractivity contribution >= 4 is 17.1 Å². The molecule has 57 heavy (non-hydrogen) atoms. The van der Waals surface area contributed by atoms with E-state index in [-0.39, 0.29) is 10.8 Å². The fourth-order valence-electron chi connectivity index (χ4n) is 16.5. The third-order valence-corrected chi connectivity index (χ3v) is 18.2. The molecule has 10 aliphatic carbocycles. The molecule has 0 heterocycles. The number of fused-ring (bicyclic) bond motifs is 7. The van der Waals surface area contributed by atoms with Crippen molar-refractivity contribution in [3.63, 3.8) is 0 Å². The van der Waals surface area contributed by atoms with Crippen molar-refractivity contribution in [2.45, 2.75) is 126 Å². The predicted molar refractivity (Wildman–Crippen MR) is 236 cm³/mol. The number of rotatable bonds is 5. The van der Waals surface area contributed by atoms with Gasteiger partial charge in [-0.05, 0) is 215 Å². The molecule has 5 aromatic carbocycles. The first kappa shape index (κ1) is 33.8. The Bertz CT molecular complexity index is 2320. The minimum absolute atomic E-state index is 0.00470. The Morgan fingerprint density at radius 1 is 0.386 bits per heavy atom. The van der Waals surface area contributed by atoms with Crippen LogP contribution in [0.25, 0.3) is 22.3 Å². The monoisotopic (exact) mass is 745 g/mol. The molecule has 0 atom stereocenters. The highest BCUT2D eigenvalue weighted by Crippen LogP contribution is 2.63. The van der Waals surface area contributed by atoms with E-state index in [4.69, 9.17) is 0 Å². The van der Waals surface area contributed by atoms with Crippen molar-refractivity contribution in [3.8, 4) is 22.3 Å². The van der Waals surface area contributed by atoms with Crippen LogP contribution in [0.2, 0.25) is 0 Å². The van der Waals surface area contributed by atoms with E-state index in [1.807, 2.05) is 0 Å². The first-order chi connectivity index (χ1) is 27.6. The standard InChI is InChI=1S/C56H59N/c1-53(2)47-8-6-5-7-45(47)51-48(53)19-20-49-52(51)46-18-17-44(27-50(46)54(49,3)4)57(42-13-9-40(10-14-42)55-28-34-21-35(29-55)23-36(22-34)30-55)43-15-11-41(12-16-43)56-31-37-24-38(32-56)26-39(25-37)33-56/h5-20,27,34-39H,21-26,28-33H2,1-4H3. The zero-order valence-corrected chi connectivity index (χ0v) is 34.7. The maximum Gasteiger partial charge on any atom is 0.0465 e. The summed E-state index contributed by atoms with van der Waals surface area (Å²) in [6.07, 6.45) is 17.5. The Labute approximate surface area is 341 Å². The molecule has 1 nitrogen and oxygen atoms in total. The van der Waals surface area contributed by atoms with Crippen LogP contribution in [0.3, 0.4) is 0 Å². The molecular formula is C56H59N. The van der Waals surface area contributed by atoms with Crippen LogP contribution in [0.1, 0.15) is 138 Å². The average molecular weight is 746 g/mol. The Kier molecular flexibility index (Phi) is 6.73. The molecule has 15 rings (SSSR count). The van der Waals surface area contributed by atoms with E-state index in [9.17, 15) is 0 Å². The first-order valence-corrected chi connectivity index (χ1v) is 23.0.